The molecule has 0 atom stereocenters. The van der Waals surface area contributed by atoms with E-state index in [0.29, 0.717) is 18.3 Å². The van der Waals surface area contributed by atoms with E-state index in [9.17, 15) is 30.4 Å². The van der Waals surface area contributed by atoms with Crippen molar-refractivity contribution in [3.05, 3.63) is 47.5 Å². The average Bonchev–Trinajstić information content (AvgIpc) is 3.60. The van der Waals surface area contributed by atoms with Crippen LogP contribution in [0.15, 0.2) is 40.1 Å². The molecule has 2 fully saturated rings. The standard InChI is InChI=1S/C23H26F2N2O6S2/c1-34(29,30)16-5-6-21(33-14-15-3-4-15)18(11-16)23(28)27-9-7-26(8-10-27)22-19(24)12-17(13-20(22)25)35(2,31)32/h5-6,11-13,15H,3-4,7-10,14H2,1-2H3. The van der Waals surface area contributed by atoms with E-state index in [2.05, 4.69) is 0 Å². The van der Waals surface area contributed by atoms with Crippen molar-refractivity contribution in [2.45, 2.75) is 22.6 Å². The van der Waals surface area contributed by atoms with Gasteiger partial charge < -0.3 is 14.5 Å². The van der Waals surface area contributed by atoms with Gasteiger partial charge in [0, 0.05) is 38.7 Å². The third kappa shape index (κ3) is 5.75. The molecule has 1 saturated carbocycles. The zero-order valence-corrected chi connectivity index (χ0v) is 21.0. The first-order valence-electron chi connectivity index (χ1n) is 11.0. The smallest absolute Gasteiger partial charge is 0.257 e. The van der Waals surface area contributed by atoms with E-state index in [1.54, 1.807) is 0 Å². The van der Waals surface area contributed by atoms with Crippen molar-refractivity contribution in [2.24, 2.45) is 5.92 Å². The number of piperazine rings is 1. The number of amides is 1. The molecule has 8 nitrogen and oxygen atoms in total. The first-order chi connectivity index (χ1) is 16.3. The van der Waals surface area contributed by atoms with Gasteiger partial charge in [-0.25, -0.2) is 25.6 Å². The van der Waals surface area contributed by atoms with Crippen molar-refractivity contribution in [3.63, 3.8) is 0 Å². The van der Waals surface area contributed by atoms with E-state index in [1.165, 1.54) is 28.0 Å². The maximum atomic E-state index is 14.6. The largest absolute Gasteiger partial charge is 0.492 e. The molecule has 0 radical (unpaired) electrons. The van der Waals surface area contributed by atoms with Gasteiger partial charge in [0.1, 0.15) is 11.4 Å². The Morgan fingerprint density at radius 3 is 2.00 bits per heavy atom. The Kier molecular flexibility index (Phi) is 6.80. The lowest BCUT2D eigenvalue weighted by Crippen LogP contribution is -2.49. The van der Waals surface area contributed by atoms with Crippen LogP contribution < -0.4 is 9.64 Å². The highest BCUT2D eigenvalue weighted by molar-refractivity contribution is 7.91. The van der Waals surface area contributed by atoms with Gasteiger partial charge in [0.05, 0.1) is 22.0 Å². The van der Waals surface area contributed by atoms with Crippen LogP contribution in [0.25, 0.3) is 0 Å². The predicted octanol–water partition coefficient (Wildman–Crippen LogP) is 2.52. The highest BCUT2D eigenvalue weighted by Crippen LogP contribution is 2.32. The second-order valence-electron chi connectivity index (χ2n) is 8.97. The highest BCUT2D eigenvalue weighted by atomic mass is 32.2. The lowest BCUT2D eigenvalue weighted by Gasteiger charge is -2.36. The Morgan fingerprint density at radius 2 is 1.49 bits per heavy atom. The number of nitrogens with zero attached hydrogens (tertiary/aromatic N) is 2. The van der Waals surface area contributed by atoms with Crippen LogP contribution in [0.1, 0.15) is 23.2 Å². The molecule has 0 aromatic heterocycles. The molecule has 1 heterocycles. The Balaban J connectivity index is 1.53. The van der Waals surface area contributed by atoms with Crippen LogP contribution in [0.3, 0.4) is 0 Å². The monoisotopic (exact) mass is 528 g/mol. The summed E-state index contributed by atoms with van der Waals surface area (Å²) < 4.78 is 82.4. The zero-order valence-electron chi connectivity index (χ0n) is 19.3. The van der Waals surface area contributed by atoms with Crippen molar-refractivity contribution in [3.8, 4) is 5.75 Å². The Labute approximate surface area is 203 Å². The maximum absolute atomic E-state index is 14.6. The summed E-state index contributed by atoms with van der Waals surface area (Å²) in [4.78, 5) is 15.7. The van der Waals surface area contributed by atoms with E-state index in [1.807, 2.05) is 0 Å². The first kappa shape index (κ1) is 25.4. The molecule has 2 aromatic rings. The van der Waals surface area contributed by atoms with Gasteiger partial charge in [-0.05, 0) is 49.1 Å². The number of carbonyl (C=O) groups is 1. The summed E-state index contributed by atoms with van der Waals surface area (Å²) in [6, 6.07) is 5.75. The summed E-state index contributed by atoms with van der Waals surface area (Å²) in [6.07, 6.45) is 4.01. The number of rotatable bonds is 7. The summed E-state index contributed by atoms with van der Waals surface area (Å²) in [6.45, 7) is 0.880. The number of hydrogen-bond acceptors (Lipinski definition) is 7. The van der Waals surface area contributed by atoms with Crippen LogP contribution in [0.4, 0.5) is 14.5 Å². The molecule has 1 saturated heterocycles. The number of halogens is 2. The van der Waals surface area contributed by atoms with Gasteiger partial charge in [0.2, 0.25) is 0 Å². The minimum absolute atomic E-state index is 0.00614. The summed E-state index contributed by atoms with van der Waals surface area (Å²) in [5.74, 6) is -1.71. The summed E-state index contributed by atoms with van der Waals surface area (Å²) in [5, 5.41) is 0. The Morgan fingerprint density at radius 1 is 0.914 bits per heavy atom. The van der Waals surface area contributed by atoms with Crippen LogP contribution in [0.2, 0.25) is 0 Å². The van der Waals surface area contributed by atoms with E-state index in [-0.39, 0.29) is 42.3 Å². The number of anilines is 1. The van der Waals surface area contributed by atoms with Crippen LogP contribution in [0.5, 0.6) is 5.75 Å². The van der Waals surface area contributed by atoms with Gasteiger partial charge >= 0.3 is 0 Å². The molecule has 35 heavy (non-hydrogen) atoms. The summed E-state index contributed by atoms with van der Waals surface area (Å²) in [5.41, 5.74) is -0.228. The first-order valence-corrected chi connectivity index (χ1v) is 14.8. The number of sulfone groups is 2. The van der Waals surface area contributed by atoms with Crippen LogP contribution in [-0.4, -0.2) is 72.9 Å². The predicted molar refractivity (Wildman–Crippen MR) is 125 cm³/mol. The van der Waals surface area contributed by atoms with E-state index in [4.69, 9.17) is 4.74 Å². The molecular formula is C23H26F2N2O6S2. The van der Waals surface area contributed by atoms with Gasteiger partial charge in [-0.3, -0.25) is 4.79 Å². The normalized spacial score (nSPS) is 16.9. The SMILES string of the molecule is CS(=O)(=O)c1cc(F)c(N2CCN(C(=O)c3cc(S(C)(=O)=O)ccc3OCC3CC3)CC2)c(F)c1. The van der Waals surface area contributed by atoms with Gasteiger partial charge in [-0.2, -0.15) is 0 Å². The maximum Gasteiger partial charge on any atom is 0.257 e. The Hall–Kier alpha value is -2.73. The molecule has 4 rings (SSSR count). The number of benzene rings is 2. The fourth-order valence-corrected chi connectivity index (χ4v) is 5.17. The van der Waals surface area contributed by atoms with Crippen molar-refractivity contribution >= 4 is 31.3 Å². The second kappa shape index (κ2) is 9.38. The van der Waals surface area contributed by atoms with Crippen molar-refractivity contribution in [2.75, 3.05) is 50.2 Å². The molecule has 0 spiro atoms. The minimum Gasteiger partial charge on any atom is -0.492 e. The molecule has 190 valence electrons. The number of hydrogen-bond donors (Lipinski definition) is 0. The molecule has 12 heteroatoms. The fraction of sp³-hybridized carbons (Fsp3) is 0.435. The molecule has 1 aliphatic carbocycles. The molecule has 0 N–H and O–H groups in total. The minimum atomic E-state index is -3.78. The van der Waals surface area contributed by atoms with Gasteiger partial charge in [-0.15, -0.1) is 0 Å². The molecule has 2 aliphatic rings. The summed E-state index contributed by atoms with van der Waals surface area (Å²) in [7, 11) is -7.33. The van der Waals surface area contributed by atoms with Gasteiger partial charge in [0.25, 0.3) is 5.91 Å². The number of carbonyl (C=O) groups excluding carboxylic acids is 1. The molecule has 1 amide bonds. The molecule has 1 aliphatic heterocycles. The molecule has 0 unspecified atom stereocenters. The Bertz CT molecular complexity index is 1340. The quantitative estimate of drug-likeness (QED) is 0.544. The van der Waals surface area contributed by atoms with E-state index < -0.39 is 42.1 Å². The fourth-order valence-electron chi connectivity index (χ4n) is 3.89. The lowest BCUT2D eigenvalue weighted by molar-refractivity contribution is 0.0741. The van der Waals surface area contributed by atoms with Crippen LogP contribution >= 0.6 is 0 Å². The van der Waals surface area contributed by atoms with Crippen molar-refractivity contribution in [1.82, 2.24) is 4.90 Å². The highest BCUT2D eigenvalue weighted by Gasteiger charge is 2.29. The van der Waals surface area contributed by atoms with E-state index in [0.717, 1.165) is 37.5 Å². The van der Waals surface area contributed by atoms with Gasteiger partial charge in [-0.1, -0.05) is 0 Å². The zero-order chi connectivity index (χ0) is 25.5. The van der Waals surface area contributed by atoms with Crippen molar-refractivity contribution in [1.29, 1.82) is 0 Å². The van der Waals surface area contributed by atoms with E-state index >= 15 is 0 Å². The lowest BCUT2D eigenvalue weighted by atomic mass is 10.1. The van der Waals surface area contributed by atoms with Crippen LogP contribution in [-0.2, 0) is 19.7 Å². The van der Waals surface area contributed by atoms with Gasteiger partial charge in [0.15, 0.2) is 31.3 Å². The topological polar surface area (TPSA) is 101 Å². The second-order valence-corrected chi connectivity index (χ2v) is 13.0. The number of ether oxygens (including phenoxy) is 1. The van der Waals surface area contributed by atoms with Crippen molar-refractivity contribution < 1.29 is 35.1 Å². The summed E-state index contributed by atoms with van der Waals surface area (Å²) >= 11 is 0. The third-order valence-electron chi connectivity index (χ3n) is 6.08. The third-order valence-corrected chi connectivity index (χ3v) is 8.28. The van der Waals surface area contributed by atoms with Crippen LogP contribution in [0, 0.1) is 17.6 Å². The molecular weight excluding hydrogens is 502 g/mol. The molecule has 0 bridgehead atoms. The molecule has 2 aromatic carbocycles. The average molecular weight is 529 g/mol.